The first-order chi connectivity index (χ1) is 6.70. The highest BCUT2D eigenvalue weighted by Gasteiger charge is 2.28. The van der Waals surface area contributed by atoms with Gasteiger partial charge in [-0.25, -0.2) is 4.79 Å². The van der Waals surface area contributed by atoms with Gasteiger partial charge in [-0.2, -0.15) is 4.98 Å². The molecule has 0 spiro atoms. The van der Waals surface area contributed by atoms with Gasteiger partial charge in [0.15, 0.2) is 0 Å². The van der Waals surface area contributed by atoms with Crippen LogP contribution in [0.25, 0.3) is 6.20 Å². The summed E-state index contributed by atoms with van der Waals surface area (Å²) < 4.78 is 1.38. The molecular formula is C9H11N3O2. The predicted molar refractivity (Wildman–Crippen MR) is 52.4 cm³/mol. The standard InChI is InChI=1S/C9H11N3O2/c10-8-1-2-12(9(14)11-8)4-6-3-7(6)5-13/h1-2,4,7,13H,3,5H2,(H2,10,11,14)/b6-4+/t7-/m0/s1. The second-order valence-corrected chi connectivity index (χ2v) is 3.33. The lowest BCUT2D eigenvalue weighted by molar-refractivity contribution is 0.281. The summed E-state index contributed by atoms with van der Waals surface area (Å²) in [5.41, 5.74) is 6.02. The lowest BCUT2D eigenvalue weighted by Crippen LogP contribution is -2.19. The minimum atomic E-state index is -0.388. The Kier molecular flexibility index (Phi) is 2.09. The number of nitrogens with two attached hydrogens (primary N) is 1. The van der Waals surface area contributed by atoms with Crippen LogP contribution in [0.2, 0.25) is 0 Å². The summed E-state index contributed by atoms with van der Waals surface area (Å²) in [5.74, 6) is 0.443. The van der Waals surface area contributed by atoms with Crippen LogP contribution in [-0.2, 0) is 0 Å². The Balaban J connectivity index is 2.27. The van der Waals surface area contributed by atoms with E-state index in [4.69, 9.17) is 10.8 Å². The molecule has 14 heavy (non-hydrogen) atoms. The van der Waals surface area contributed by atoms with E-state index in [9.17, 15) is 4.79 Å². The van der Waals surface area contributed by atoms with Crippen LogP contribution in [-0.4, -0.2) is 21.3 Å². The summed E-state index contributed by atoms with van der Waals surface area (Å²) in [6.45, 7) is 0.142. The average molecular weight is 193 g/mol. The monoisotopic (exact) mass is 193 g/mol. The topological polar surface area (TPSA) is 81.1 Å². The average Bonchev–Trinajstić information content (AvgIpc) is 2.89. The molecule has 74 valence electrons. The molecule has 1 aromatic rings. The number of anilines is 1. The maximum Gasteiger partial charge on any atom is 0.353 e. The molecule has 1 heterocycles. The molecule has 1 aromatic heterocycles. The number of aromatic nitrogens is 2. The molecule has 0 amide bonds. The summed E-state index contributed by atoms with van der Waals surface area (Å²) >= 11 is 0. The van der Waals surface area contributed by atoms with Gasteiger partial charge >= 0.3 is 5.69 Å². The van der Waals surface area contributed by atoms with Crippen molar-refractivity contribution < 1.29 is 5.11 Å². The van der Waals surface area contributed by atoms with Gasteiger partial charge in [0, 0.05) is 24.9 Å². The molecule has 0 aromatic carbocycles. The first kappa shape index (κ1) is 8.96. The summed E-state index contributed by atoms with van der Waals surface area (Å²) in [6, 6.07) is 1.56. The quantitative estimate of drug-likeness (QED) is 0.674. The molecular weight excluding hydrogens is 182 g/mol. The van der Waals surface area contributed by atoms with Crippen molar-refractivity contribution in [3.05, 3.63) is 28.3 Å². The van der Waals surface area contributed by atoms with Crippen molar-refractivity contribution in [3.8, 4) is 0 Å². The van der Waals surface area contributed by atoms with E-state index in [1.165, 1.54) is 4.57 Å². The molecule has 5 nitrogen and oxygen atoms in total. The molecule has 1 fully saturated rings. The number of nitrogens with zero attached hydrogens (tertiary/aromatic N) is 2. The third-order valence-electron chi connectivity index (χ3n) is 2.22. The summed E-state index contributed by atoms with van der Waals surface area (Å²) in [5, 5.41) is 8.80. The van der Waals surface area contributed by atoms with E-state index in [0.29, 0.717) is 0 Å². The van der Waals surface area contributed by atoms with Crippen LogP contribution in [0.4, 0.5) is 5.82 Å². The zero-order chi connectivity index (χ0) is 10.1. The van der Waals surface area contributed by atoms with Gasteiger partial charge in [0.25, 0.3) is 0 Å². The number of aliphatic hydroxyl groups is 1. The van der Waals surface area contributed by atoms with Crippen LogP contribution >= 0.6 is 0 Å². The molecule has 0 aliphatic heterocycles. The minimum Gasteiger partial charge on any atom is -0.396 e. The zero-order valence-corrected chi connectivity index (χ0v) is 7.55. The zero-order valence-electron chi connectivity index (χ0n) is 7.55. The second kappa shape index (κ2) is 3.26. The predicted octanol–water partition coefficient (Wildman–Crippen LogP) is -0.321. The van der Waals surface area contributed by atoms with Crippen LogP contribution in [0.15, 0.2) is 22.6 Å². The Hall–Kier alpha value is -1.62. The van der Waals surface area contributed by atoms with Gasteiger partial charge in [0.05, 0.1) is 0 Å². The lowest BCUT2D eigenvalue weighted by Gasteiger charge is -1.96. The van der Waals surface area contributed by atoms with E-state index in [2.05, 4.69) is 4.98 Å². The van der Waals surface area contributed by atoms with Crippen molar-refractivity contribution >= 4 is 12.0 Å². The summed E-state index contributed by atoms with van der Waals surface area (Å²) in [6.07, 6.45) is 4.13. The van der Waals surface area contributed by atoms with E-state index in [1.807, 2.05) is 0 Å². The van der Waals surface area contributed by atoms with E-state index >= 15 is 0 Å². The first-order valence-corrected chi connectivity index (χ1v) is 4.37. The van der Waals surface area contributed by atoms with Crippen LogP contribution < -0.4 is 11.4 Å². The molecule has 1 atom stereocenters. The fourth-order valence-corrected chi connectivity index (χ4v) is 1.27. The molecule has 0 bridgehead atoms. The van der Waals surface area contributed by atoms with Gasteiger partial charge in [-0.05, 0) is 18.1 Å². The maximum absolute atomic E-state index is 11.3. The Labute approximate surface area is 80.5 Å². The third kappa shape index (κ3) is 1.67. The summed E-state index contributed by atoms with van der Waals surface area (Å²) in [7, 11) is 0. The summed E-state index contributed by atoms with van der Waals surface area (Å²) in [4.78, 5) is 14.8. The highest BCUT2D eigenvalue weighted by Crippen LogP contribution is 2.37. The largest absolute Gasteiger partial charge is 0.396 e. The lowest BCUT2D eigenvalue weighted by atomic mass is 10.4. The molecule has 1 aliphatic carbocycles. The van der Waals surface area contributed by atoms with Crippen LogP contribution in [0.5, 0.6) is 0 Å². The van der Waals surface area contributed by atoms with Gasteiger partial charge in [-0.3, -0.25) is 4.57 Å². The third-order valence-corrected chi connectivity index (χ3v) is 2.22. The molecule has 0 radical (unpaired) electrons. The minimum absolute atomic E-state index is 0.142. The second-order valence-electron chi connectivity index (χ2n) is 3.33. The molecule has 5 heteroatoms. The van der Waals surface area contributed by atoms with Gasteiger partial charge in [-0.15, -0.1) is 0 Å². The normalized spacial score (nSPS) is 22.6. The van der Waals surface area contributed by atoms with Gasteiger partial charge in [0.2, 0.25) is 0 Å². The highest BCUT2D eigenvalue weighted by molar-refractivity contribution is 5.42. The van der Waals surface area contributed by atoms with E-state index in [-0.39, 0.29) is 24.0 Å². The van der Waals surface area contributed by atoms with Crippen LogP contribution in [0.3, 0.4) is 0 Å². The van der Waals surface area contributed by atoms with Crippen molar-refractivity contribution in [2.24, 2.45) is 5.92 Å². The Morgan fingerprint density at radius 3 is 3.14 bits per heavy atom. The van der Waals surface area contributed by atoms with Crippen molar-refractivity contribution in [1.82, 2.24) is 9.55 Å². The fourth-order valence-electron chi connectivity index (χ4n) is 1.27. The number of aliphatic hydroxyl groups excluding tert-OH is 1. The van der Waals surface area contributed by atoms with Crippen molar-refractivity contribution in [2.75, 3.05) is 12.3 Å². The van der Waals surface area contributed by atoms with Crippen LogP contribution in [0.1, 0.15) is 6.42 Å². The number of hydrogen-bond acceptors (Lipinski definition) is 4. The molecule has 0 unspecified atom stereocenters. The molecule has 2 rings (SSSR count). The van der Waals surface area contributed by atoms with Gasteiger partial charge < -0.3 is 10.8 Å². The van der Waals surface area contributed by atoms with E-state index < -0.39 is 0 Å². The molecule has 3 N–H and O–H groups in total. The smallest absolute Gasteiger partial charge is 0.353 e. The van der Waals surface area contributed by atoms with Crippen molar-refractivity contribution in [1.29, 1.82) is 0 Å². The number of rotatable bonds is 2. The Morgan fingerprint density at radius 1 is 1.79 bits per heavy atom. The molecule has 1 saturated carbocycles. The number of nitrogen functional groups attached to an aromatic ring is 1. The van der Waals surface area contributed by atoms with Crippen molar-refractivity contribution in [2.45, 2.75) is 6.42 Å². The Bertz CT molecular complexity index is 436. The van der Waals surface area contributed by atoms with Crippen molar-refractivity contribution in [3.63, 3.8) is 0 Å². The van der Waals surface area contributed by atoms with Crippen LogP contribution in [0, 0.1) is 5.92 Å². The van der Waals surface area contributed by atoms with E-state index in [0.717, 1.165) is 12.0 Å². The highest BCUT2D eigenvalue weighted by atomic mass is 16.3. The molecule has 0 saturated heterocycles. The first-order valence-electron chi connectivity index (χ1n) is 4.37. The fraction of sp³-hybridized carbons (Fsp3) is 0.333. The van der Waals surface area contributed by atoms with Gasteiger partial charge in [0.1, 0.15) is 5.82 Å². The SMILES string of the molecule is Nc1ccn(/C=C2\C[C@H]2CO)c(=O)n1. The van der Waals surface area contributed by atoms with Gasteiger partial charge in [-0.1, -0.05) is 0 Å². The maximum atomic E-state index is 11.3. The number of hydrogen-bond donors (Lipinski definition) is 2. The Morgan fingerprint density at radius 2 is 2.57 bits per heavy atom. The van der Waals surface area contributed by atoms with E-state index in [1.54, 1.807) is 18.5 Å². The molecule has 1 aliphatic rings.